The summed E-state index contributed by atoms with van der Waals surface area (Å²) in [4.78, 5) is 25.4. The van der Waals surface area contributed by atoms with Gasteiger partial charge in [-0.2, -0.15) is 0 Å². The van der Waals surface area contributed by atoms with Crippen LogP contribution in [0.2, 0.25) is 0 Å². The van der Waals surface area contributed by atoms with Crippen molar-refractivity contribution in [2.75, 3.05) is 18.8 Å². The summed E-state index contributed by atoms with van der Waals surface area (Å²) in [5.74, 6) is -1.23. The first kappa shape index (κ1) is 16.9. The lowest BCUT2D eigenvalue weighted by atomic mass is 9.93. The van der Waals surface area contributed by atoms with Gasteiger partial charge >= 0.3 is 5.97 Å². The van der Waals surface area contributed by atoms with Crippen LogP contribution in [0.1, 0.15) is 24.0 Å². The standard InChI is InChI=1S/C16H20N2O5S/c19-15(6-8-17-7-3-9-24(17,22)23)18-11-13-5-2-1-4-12(13)10-14(18)16(20)21/h1-2,4-5,14H,3,6-11H2,(H,20,21)/t14-/m0/s1. The molecule has 2 heterocycles. The number of rotatable bonds is 4. The number of carboxylic acids is 1. The largest absolute Gasteiger partial charge is 0.480 e. The molecule has 1 aromatic carbocycles. The van der Waals surface area contributed by atoms with Gasteiger partial charge in [0.25, 0.3) is 0 Å². The van der Waals surface area contributed by atoms with E-state index in [4.69, 9.17) is 0 Å². The van der Waals surface area contributed by atoms with Gasteiger partial charge in [0.15, 0.2) is 0 Å². The molecule has 0 unspecified atom stereocenters. The van der Waals surface area contributed by atoms with E-state index in [-0.39, 0.29) is 37.6 Å². The van der Waals surface area contributed by atoms with Crippen LogP contribution in [0.5, 0.6) is 0 Å². The molecule has 0 bridgehead atoms. The fraction of sp³-hybridized carbons (Fsp3) is 0.500. The average molecular weight is 352 g/mol. The second-order valence-electron chi connectivity index (χ2n) is 6.17. The van der Waals surface area contributed by atoms with E-state index in [1.807, 2.05) is 24.3 Å². The molecular weight excluding hydrogens is 332 g/mol. The number of aliphatic carboxylic acids is 1. The van der Waals surface area contributed by atoms with Crippen molar-refractivity contribution in [3.8, 4) is 0 Å². The molecule has 1 N–H and O–H groups in total. The van der Waals surface area contributed by atoms with Gasteiger partial charge in [-0.15, -0.1) is 0 Å². The summed E-state index contributed by atoms with van der Waals surface area (Å²) in [6.07, 6.45) is 0.857. The first-order valence-corrected chi connectivity index (χ1v) is 9.56. The maximum atomic E-state index is 12.5. The Bertz CT molecular complexity index is 761. The topological polar surface area (TPSA) is 95.0 Å². The third-order valence-corrected chi connectivity index (χ3v) is 6.59. The van der Waals surface area contributed by atoms with Gasteiger partial charge in [0.05, 0.1) is 5.75 Å². The van der Waals surface area contributed by atoms with Gasteiger partial charge in [-0.1, -0.05) is 24.3 Å². The lowest BCUT2D eigenvalue weighted by Crippen LogP contribution is -2.49. The summed E-state index contributed by atoms with van der Waals surface area (Å²) in [6.45, 7) is 0.797. The Morgan fingerprint density at radius 2 is 1.92 bits per heavy atom. The van der Waals surface area contributed by atoms with E-state index in [9.17, 15) is 23.1 Å². The molecule has 1 atom stereocenters. The molecular formula is C16H20N2O5S. The van der Waals surface area contributed by atoms with Gasteiger partial charge in [-0.05, 0) is 17.5 Å². The van der Waals surface area contributed by atoms with E-state index < -0.39 is 22.0 Å². The Labute approximate surface area is 140 Å². The molecule has 0 aliphatic carbocycles. The van der Waals surface area contributed by atoms with Crippen molar-refractivity contribution in [3.05, 3.63) is 35.4 Å². The van der Waals surface area contributed by atoms with Crippen LogP contribution >= 0.6 is 0 Å². The first-order chi connectivity index (χ1) is 11.4. The molecule has 2 aliphatic rings. The molecule has 24 heavy (non-hydrogen) atoms. The third kappa shape index (κ3) is 3.29. The zero-order valence-electron chi connectivity index (χ0n) is 13.2. The summed E-state index contributed by atoms with van der Waals surface area (Å²) in [7, 11) is -3.25. The minimum absolute atomic E-state index is 0.00514. The average Bonchev–Trinajstić information content (AvgIpc) is 2.89. The third-order valence-electron chi connectivity index (χ3n) is 4.63. The summed E-state index contributed by atoms with van der Waals surface area (Å²) < 4.78 is 24.9. The minimum atomic E-state index is -3.25. The zero-order chi connectivity index (χ0) is 17.3. The highest BCUT2D eigenvalue weighted by atomic mass is 32.2. The molecule has 0 spiro atoms. The van der Waals surface area contributed by atoms with Crippen LogP contribution in [0.4, 0.5) is 0 Å². The summed E-state index contributed by atoms with van der Waals surface area (Å²) in [5.41, 5.74) is 1.88. The summed E-state index contributed by atoms with van der Waals surface area (Å²) in [6, 6.07) is 6.58. The van der Waals surface area contributed by atoms with Crippen LogP contribution in [0.25, 0.3) is 0 Å². The van der Waals surface area contributed by atoms with Crippen molar-refractivity contribution in [3.63, 3.8) is 0 Å². The van der Waals surface area contributed by atoms with Gasteiger partial charge < -0.3 is 10.0 Å². The molecule has 1 aromatic rings. The van der Waals surface area contributed by atoms with E-state index in [1.165, 1.54) is 9.21 Å². The Hall–Kier alpha value is -1.93. The van der Waals surface area contributed by atoms with E-state index >= 15 is 0 Å². The number of carbonyl (C=O) groups excluding carboxylic acids is 1. The molecule has 1 fully saturated rings. The Morgan fingerprint density at radius 1 is 1.21 bits per heavy atom. The fourth-order valence-electron chi connectivity index (χ4n) is 3.31. The van der Waals surface area contributed by atoms with E-state index in [1.54, 1.807) is 0 Å². The highest BCUT2D eigenvalue weighted by molar-refractivity contribution is 7.89. The molecule has 8 heteroatoms. The quantitative estimate of drug-likeness (QED) is 0.849. The molecule has 7 nitrogen and oxygen atoms in total. The number of carboxylic acid groups (broad SMARTS) is 1. The summed E-state index contributed by atoms with van der Waals surface area (Å²) >= 11 is 0. The van der Waals surface area contributed by atoms with Crippen molar-refractivity contribution < 1.29 is 23.1 Å². The number of nitrogens with zero attached hydrogens (tertiary/aromatic N) is 2. The van der Waals surface area contributed by atoms with Gasteiger partial charge in [0, 0.05) is 32.5 Å². The molecule has 0 saturated carbocycles. The van der Waals surface area contributed by atoms with Crippen LogP contribution in [-0.2, 0) is 32.6 Å². The Morgan fingerprint density at radius 3 is 2.54 bits per heavy atom. The number of hydrogen-bond acceptors (Lipinski definition) is 4. The number of benzene rings is 1. The van der Waals surface area contributed by atoms with E-state index in [0.717, 1.165) is 11.1 Å². The first-order valence-electron chi connectivity index (χ1n) is 7.95. The number of amides is 1. The summed E-state index contributed by atoms with van der Waals surface area (Å²) in [5, 5.41) is 9.45. The molecule has 130 valence electrons. The molecule has 1 saturated heterocycles. The highest BCUT2D eigenvalue weighted by Crippen LogP contribution is 2.24. The Kier molecular flexibility index (Phi) is 4.60. The molecule has 0 aromatic heterocycles. The van der Waals surface area contributed by atoms with Crippen molar-refractivity contribution >= 4 is 21.9 Å². The monoisotopic (exact) mass is 352 g/mol. The van der Waals surface area contributed by atoms with Crippen molar-refractivity contribution in [2.45, 2.75) is 31.8 Å². The predicted molar refractivity (Wildman–Crippen MR) is 86.7 cm³/mol. The van der Waals surface area contributed by atoms with Crippen molar-refractivity contribution in [1.29, 1.82) is 0 Å². The zero-order valence-corrected chi connectivity index (χ0v) is 14.0. The van der Waals surface area contributed by atoms with Gasteiger partial charge in [0.2, 0.25) is 15.9 Å². The van der Waals surface area contributed by atoms with E-state index in [2.05, 4.69) is 0 Å². The number of hydrogen-bond donors (Lipinski definition) is 1. The molecule has 0 radical (unpaired) electrons. The molecule has 1 amide bonds. The van der Waals surface area contributed by atoms with Crippen LogP contribution < -0.4 is 0 Å². The maximum Gasteiger partial charge on any atom is 0.326 e. The minimum Gasteiger partial charge on any atom is -0.480 e. The normalized spacial score (nSPS) is 23.0. The van der Waals surface area contributed by atoms with Crippen LogP contribution in [0.3, 0.4) is 0 Å². The van der Waals surface area contributed by atoms with E-state index in [0.29, 0.717) is 13.0 Å². The second kappa shape index (κ2) is 6.52. The van der Waals surface area contributed by atoms with Crippen LogP contribution in [-0.4, -0.2) is 59.5 Å². The lowest BCUT2D eigenvalue weighted by Gasteiger charge is -2.34. The fourth-order valence-corrected chi connectivity index (χ4v) is 4.84. The smallest absolute Gasteiger partial charge is 0.326 e. The van der Waals surface area contributed by atoms with Crippen molar-refractivity contribution in [1.82, 2.24) is 9.21 Å². The number of sulfonamides is 1. The van der Waals surface area contributed by atoms with Gasteiger partial charge in [0.1, 0.15) is 6.04 Å². The second-order valence-corrected chi connectivity index (χ2v) is 8.26. The maximum absolute atomic E-state index is 12.5. The SMILES string of the molecule is O=C(O)[C@@H]1Cc2ccccc2CN1C(=O)CCN1CCCS1(=O)=O. The number of carbonyl (C=O) groups is 2. The van der Waals surface area contributed by atoms with Gasteiger partial charge in [-0.3, -0.25) is 4.79 Å². The number of fused-ring (bicyclic) bond motifs is 1. The van der Waals surface area contributed by atoms with Crippen LogP contribution in [0.15, 0.2) is 24.3 Å². The molecule has 3 rings (SSSR count). The Balaban J connectivity index is 1.72. The highest BCUT2D eigenvalue weighted by Gasteiger charge is 2.35. The van der Waals surface area contributed by atoms with Crippen molar-refractivity contribution in [2.24, 2.45) is 0 Å². The lowest BCUT2D eigenvalue weighted by molar-refractivity contribution is -0.151. The predicted octanol–water partition coefficient (Wildman–Crippen LogP) is 0.450. The van der Waals surface area contributed by atoms with Crippen LogP contribution in [0, 0.1) is 0 Å². The molecule has 2 aliphatic heterocycles. The van der Waals surface area contributed by atoms with Gasteiger partial charge in [-0.25, -0.2) is 17.5 Å².